The molecule has 1 aliphatic heterocycles. The molecule has 0 bridgehead atoms. The van der Waals surface area contributed by atoms with Gasteiger partial charge in [-0.3, -0.25) is 4.98 Å². The van der Waals surface area contributed by atoms with Crippen LogP contribution in [-0.2, 0) is 6.42 Å². The van der Waals surface area contributed by atoms with E-state index in [2.05, 4.69) is 28.9 Å². The van der Waals surface area contributed by atoms with Gasteiger partial charge in [0, 0.05) is 30.7 Å². The fourth-order valence-corrected chi connectivity index (χ4v) is 2.19. The number of rotatable bonds is 4. The number of hydrogen-bond donors (Lipinski definition) is 1. The first-order valence-electron chi connectivity index (χ1n) is 6.19. The molecule has 1 aromatic rings. The zero-order chi connectivity index (χ0) is 11.4. The summed E-state index contributed by atoms with van der Waals surface area (Å²) >= 11 is 0. The highest BCUT2D eigenvalue weighted by atomic mass is 15.1. The van der Waals surface area contributed by atoms with Crippen LogP contribution in [-0.4, -0.2) is 24.6 Å². The van der Waals surface area contributed by atoms with E-state index in [1.807, 2.05) is 6.20 Å². The molecule has 1 aliphatic rings. The Morgan fingerprint density at radius 2 is 2.19 bits per heavy atom. The lowest BCUT2D eigenvalue weighted by molar-refractivity contribution is 0.584. The first-order valence-corrected chi connectivity index (χ1v) is 6.19. The summed E-state index contributed by atoms with van der Waals surface area (Å²) in [5.74, 6) is 0.515. The quantitative estimate of drug-likeness (QED) is 0.840. The molecule has 2 rings (SSSR count). The van der Waals surface area contributed by atoms with Crippen molar-refractivity contribution in [2.24, 2.45) is 11.7 Å². The van der Waals surface area contributed by atoms with Gasteiger partial charge in [-0.25, -0.2) is 0 Å². The number of hydrogen-bond acceptors (Lipinski definition) is 3. The van der Waals surface area contributed by atoms with Crippen LogP contribution in [0.15, 0.2) is 18.3 Å². The number of nitrogens with two attached hydrogens (primary N) is 1. The zero-order valence-corrected chi connectivity index (χ0v) is 10.0. The van der Waals surface area contributed by atoms with Crippen LogP contribution in [0.3, 0.4) is 0 Å². The minimum absolute atomic E-state index is 0.515. The minimum Gasteiger partial charge on any atom is -0.371 e. The van der Waals surface area contributed by atoms with Gasteiger partial charge in [-0.1, -0.05) is 6.92 Å². The van der Waals surface area contributed by atoms with Crippen molar-refractivity contribution in [2.75, 3.05) is 24.5 Å². The van der Waals surface area contributed by atoms with E-state index in [1.165, 1.54) is 37.3 Å². The van der Waals surface area contributed by atoms with E-state index in [-0.39, 0.29) is 0 Å². The lowest BCUT2D eigenvalue weighted by atomic mass is 10.1. The first-order chi connectivity index (χ1) is 7.79. The highest BCUT2D eigenvalue weighted by Crippen LogP contribution is 2.20. The highest BCUT2D eigenvalue weighted by Gasteiger charge is 2.13. The summed E-state index contributed by atoms with van der Waals surface area (Å²) in [6, 6.07) is 4.33. The fourth-order valence-electron chi connectivity index (χ4n) is 2.19. The van der Waals surface area contributed by atoms with Crippen molar-refractivity contribution < 1.29 is 0 Å². The van der Waals surface area contributed by atoms with Crippen molar-refractivity contribution in [1.82, 2.24) is 4.98 Å². The van der Waals surface area contributed by atoms with Gasteiger partial charge in [0.1, 0.15) is 0 Å². The van der Waals surface area contributed by atoms with Crippen molar-refractivity contribution in [2.45, 2.75) is 26.2 Å². The van der Waals surface area contributed by atoms with Gasteiger partial charge in [0.2, 0.25) is 0 Å². The second-order valence-electron chi connectivity index (χ2n) is 4.74. The van der Waals surface area contributed by atoms with Crippen LogP contribution in [0.2, 0.25) is 0 Å². The van der Waals surface area contributed by atoms with Crippen LogP contribution in [0.1, 0.15) is 25.5 Å². The monoisotopic (exact) mass is 219 g/mol. The molecule has 3 nitrogen and oxygen atoms in total. The fraction of sp³-hybridized carbons (Fsp3) is 0.615. The molecule has 0 radical (unpaired) electrons. The molecule has 0 aliphatic carbocycles. The van der Waals surface area contributed by atoms with Crippen LogP contribution in [0.4, 0.5) is 5.69 Å². The van der Waals surface area contributed by atoms with Crippen molar-refractivity contribution in [3.05, 3.63) is 24.0 Å². The van der Waals surface area contributed by atoms with Crippen LogP contribution < -0.4 is 10.6 Å². The summed E-state index contributed by atoms with van der Waals surface area (Å²) in [5, 5.41) is 0. The van der Waals surface area contributed by atoms with E-state index in [9.17, 15) is 0 Å². The maximum atomic E-state index is 5.64. The lowest BCUT2D eigenvalue weighted by Gasteiger charge is -2.18. The zero-order valence-electron chi connectivity index (χ0n) is 10.0. The van der Waals surface area contributed by atoms with Crippen LogP contribution in [0.5, 0.6) is 0 Å². The van der Waals surface area contributed by atoms with E-state index in [1.54, 1.807) is 0 Å². The Hall–Kier alpha value is -1.09. The van der Waals surface area contributed by atoms with Crippen LogP contribution >= 0.6 is 0 Å². The molecular weight excluding hydrogens is 198 g/mol. The third kappa shape index (κ3) is 2.73. The molecule has 0 amide bonds. The molecule has 2 N–H and O–H groups in total. The summed E-state index contributed by atoms with van der Waals surface area (Å²) < 4.78 is 0. The molecule has 0 saturated carbocycles. The first kappa shape index (κ1) is 11.4. The van der Waals surface area contributed by atoms with Gasteiger partial charge >= 0.3 is 0 Å². The Balaban J connectivity index is 2.06. The predicted octanol–water partition coefficient (Wildman–Crippen LogP) is 1.82. The Morgan fingerprint density at radius 1 is 1.44 bits per heavy atom. The van der Waals surface area contributed by atoms with Crippen molar-refractivity contribution in [1.29, 1.82) is 0 Å². The van der Waals surface area contributed by atoms with Gasteiger partial charge in [0.15, 0.2) is 0 Å². The smallest absolute Gasteiger partial charge is 0.0427 e. The van der Waals surface area contributed by atoms with Gasteiger partial charge < -0.3 is 10.6 Å². The molecule has 3 heteroatoms. The standard InChI is InChI=1S/C13H21N3/c1-11(10-14)8-12-9-13(4-5-15-12)16-6-2-3-7-16/h4-5,9,11H,2-3,6-8,10,14H2,1H3. The Bertz CT molecular complexity index is 332. The average molecular weight is 219 g/mol. The number of aromatic nitrogens is 1. The van der Waals surface area contributed by atoms with Crippen LogP contribution in [0.25, 0.3) is 0 Å². The van der Waals surface area contributed by atoms with E-state index >= 15 is 0 Å². The molecule has 2 heterocycles. The Kier molecular flexibility index (Phi) is 3.78. The highest BCUT2D eigenvalue weighted by molar-refractivity contribution is 5.47. The SMILES string of the molecule is CC(CN)Cc1cc(N2CCCC2)ccn1. The summed E-state index contributed by atoms with van der Waals surface area (Å²) in [7, 11) is 0. The average Bonchev–Trinajstić information content (AvgIpc) is 2.83. The lowest BCUT2D eigenvalue weighted by Crippen LogP contribution is -2.18. The molecule has 1 aromatic heterocycles. The predicted molar refractivity (Wildman–Crippen MR) is 67.6 cm³/mol. The summed E-state index contributed by atoms with van der Waals surface area (Å²) in [5.41, 5.74) is 8.14. The molecule has 88 valence electrons. The molecule has 16 heavy (non-hydrogen) atoms. The topological polar surface area (TPSA) is 42.1 Å². The number of pyridine rings is 1. The van der Waals surface area contributed by atoms with Gasteiger partial charge in [-0.2, -0.15) is 0 Å². The third-order valence-corrected chi connectivity index (χ3v) is 3.23. The molecule has 1 fully saturated rings. The summed E-state index contributed by atoms with van der Waals surface area (Å²) in [6.45, 7) is 5.28. The van der Waals surface area contributed by atoms with E-state index in [0.717, 1.165) is 13.0 Å². The number of nitrogens with zero attached hydrogens (tertiary/aromatic N) is 2. The molecule has 1 unspecified atom stereocenters. The summed E-state index contributed by atoms with van der Waals surface area (Å²) in [4.78, 5) is 6.86. The molecular formula is C13H21N3. The van der Waals surface area contributed by atoms with Crippen molar-refractivity contribution >= 4 is 5.69 Å². The molecule has 0 spiro atoms. The molecule has 1 saturated heterocycles. The second kappa shape index (κ2) is 5.30. The van der Waals surface area contributed by atoms with Crippen molar-refractivity contribution in [3.63, 3.8) is 0 Å². The van der Waals surface area contributed by atoms with Gasteiger partial charge in [-0.15, -0.1) is 0 Å². The van der Waals surface area contributed by atoms with Crippen LogP contribution in [0, 0.1) is 5.92 Å². The molecule has 1 atom stereocenters. The Labute approximate surface area is 97.7 Å². The minimum atomic E-state index is 0.515. The maximum absolute atomic E-state index is 5.64. The molecule has 0 aromatic carbocycles. The van der Waals surface area contributed by atoms with E-state index in [4.69, 9.17) is 5.73 Å². The van der Waals surface area contributed by atoms with Gasteiger partial charge in [0.25, 0.3) is 0 Å². The van der Waals surface area contributed by atoms with Crippen molar-refractivity contribution in [3.8, 4) is 0 Å². The maximum Gasteiger partial charge on any atom is 0.0427 e. The largest absolute Gasteiger partial charge is 0.371 e. The summed E-state index contributed by atoms with van der Waals surface area (Å²) in [6.07, 6.45) is 5.54. The normalized spacial score (nSPS) is 17.8. The van der Waals surface area contributed by atoms with E-state index in [0.29, 0.717) is 5.92 Å². The van der Waals surface area contributed by atoms with E-state index < -0.39 is 0 Å². The van der Waals surface area contributed by atoms with Gasteiger partial charge in [-0.05, 0) is 43.9 Å². The Morgan fingerprint density at radius 3 is 2.88 bits per heavy atom. The number of anilines is 1. The van der Waals surface area contributed by atoms with Gasteiger partial charge in [0.05, 0.1) is 0 Å². The second-order valence-corrected chi connectivity index (χ2v) is 4.74. The third-order valence-electron chi connectivity index (χ3n) is 3.23.